The van der Waals surface area contributed by atoms with Gasteiger partial charge in [0.2, 0.25) is 5.82 Å². The van der Waals surface area contributed by atoms with Crippen LogP contribution in [0.3, 0.4) is 0 Å². The number of ketones is 1. The molecular formula is C32H41BrF3N7O3. The van der Waals surface area contributed by atoms with Crippen molar-refractivity contribution in [2.24, 2.45) is 5.92 Å². The molecule has 0 bridgehead atoms. The SMILES string of the molecule is CN1CCC(CN2CCN(Cc3ccc(C(=O)CN(c4nc(C#N)ncc4Br)C4CCCC4)cc3)CC2)CC1.O=C(O)C(F)(F)F. The number of Topliss-reactive ketones (excluding diaryl/α,β-unsaturated/α-hetero) is 1. The highest BCUT2D eigenvalue weighted by Gasteiger charge is 2.38. The number of hydrogen-bond acceptors (Lipinski definition) is 9. The van der Waals surface area contributed by atoms with Crippen molar-refractivity contribution in [1.29, 1.82) is 5.26 Å². The number of piperidine rings is 1. The Kier molecular flexibility index (Phi) is 12.9. The molecule has 1 aromatic carbocycles. The molecule has 0 atom stereocenters. The zero-order valence-electron chi connectivity index (χ0n) is 26.1. The van der Waals surface area contributed by atoms with Crippen molar-refractivity contribution >= 4 is 33.5 Å². The number of likely N-dealkylation sites (tertiary alicyclic amines) is 1. The fourth-order valence-electron chi connectivity index (χ4n) is 6.25. The highest BCUT2D eigenvalue weighted by Crippen LogP contribution is 2.32. The summed E-state index contributed by atoms with van der Waals surface area (Å²) in [4.78, 5) is 40.5. The van der Waals surface area contributed by atoms with E-state index in [-0.39, 0.29) is 24.2 Å². The van der Waals surface area contributed by atoms with E-state index in [2.05, 4.69) is 64.7 Å². The van der Waals surface area contributed by atoms with Crippen molar-refractivity contribution in [3.05, 3.63) is 51.9 Å². The van der Waals surface area contributed by atoms with Gasteiger partial charge in [-0.25, -0.2) is 14.8 Å². The fourth-order valence-corrected chi connectivity index (χ4v) is 6.67. The summed E-state index contributed by atoms with van der Waals surface area (Å²) < 4.78 is 32.4. The molecular weight excluding hydrogens is 667 g/mol. The van der Waals surface area contributed by atoms with Gasteiger partial charge in [-0.2, -0.15) is 18.4 Å². The maximum atomic E-state index is 13.4. The van der Waals surface area contributed by atoms with Crippen LogP contribution in [-0.4, -0.2) is 113 Å². The van der Waals surface area contributed by atoms with Crippen LogP contribution in [0.2, 0.25) is 0 Å². The summed E-state index contributed by atoms with van der Waals surface area (Å²) in [5.74, 6) is -1.08. The smallest absolute Gasteiger partial charge is 0.475 e. The van der Waals surface area contributed by atoms with Gasteiger partial charge in [-0.1, -0.05) is 37.1 Å². The zero-order chi connectivity index (χ0) is 33.3. The first-order valence-corrected chi connectivity index (χ1v) is 16.5. The van der Waals surface area contributed by atoms with Gasteiger partial charge in [0.05, 0.1) is 11.0 Å². The Morgan fingerprint density at radius 3 is 2.17 bits per heavy atom. The number of piperazine rings is 1. The third kappa shape index (κ3) is 10.4. The van der Waals surface area contributed by atoms with E-state index in [1.165, 1.54) is 38.0 Å². The van der Waals surface area contributed by atoms with E-state index in [4.69, 9.17) is 9.90 Å². The Morgan fingerprint density at radius 2 is 1.61 bits per heavy atom. The number of anilines is 1. The number of carbonyl (C=O) groups is 2. The average Bonchev–Trinajstić information content (AvgIpc) is 3.57. The number of benzene rings is 1. The van der Waals surface area contributed by atoms with Gasteiger partial charge in [0.1, 0.15) is 11.9 Å². The molecule has 46 heavy (non-hydrogen) atoms. The van der Waals surface area contributed by atoms with Crippen LogP contribution < -0.4 is 4.90 Å². The van der Waals surface area contributed by atoms with Crippen molar-refractivity contribution < 1.29 is 27.9 Å². The molecule has 2 saturated heterocycles. The summed E-state index contributed by atoms with van der Waals surface area (Å²) in [6.07, 6.45) is 3.52. The molecule has 10 nitrogen and oxygen atoms in total. The molecule has 0 amide bonds. The Balaban J connectivity index is 0.000000617. The van der Waals surface area contributed by atoms with Gasteiger partial charge < -0.3 is 19.8 Å². The summed E-state index contributed by atoms with van der Waals surface area (Å²) in [6, 6.07) is 10.4. The van der Waals surface area contributed by atoms with Crippen molar-refractivity contribution in [3.63, 3.8) is 0 Å². The van der Waals surface area contributed by atoms with E-state index in [0.29, 0.717) is 10.3 Å². The van der Waals surface area contributed by atoms with Crippen LogP contribution in [0.4, 0.5) is 19.0 Å². The first-order chi connectivity index (χ1) is 21.9. The van der Waals surface area contributed by atoms with Gasteiger partial charge >= 0.3 is 12.1 Å². The number of nitrogens with zero attached hydrogens (tertiary/aromatic N) is 7. The molecule has 1 N–H and O–H groups in total. The third-order valence-electron chi connectivity index (χ3n) is 8.92. The first kappa shape index (κ1) is 35.7. The number of carboxylic acids is 1. The molecule has 14 heteroatoms. The lowest BCUT2D eigenvalue weighted by Gasteiger charge is -2.38. The van der Waals surface area contributed by atoms with Crippen molar-refractivity contribution in [2.75, 3.05) is 64.3 Å². The summed E-state index contributed by atoms with van der Waals surface area (Å²) in [6.45, 7) is 9.38. The second kappa shape index (κ2) is 16.6. The van der Waals surface area contributed by atoms with Crippen LogP contribution >= 0.6 is 15.9 Å². The first-order valence-electron chi connectivity index (χ1n) is 15.7. The quantitative estimate of drug-likeness (QED) is 0.363. The number of halogens is 4. The molecule has 0 spiro atoms. The van der Waals surface area contributed by atoms with E-state index >= 15 is 0 Å². The molecule has 2 aliphatic heterocycles. The highest BCUT2D eigenvalue weighted by atomic mass is 79.9. The van der Waals surface area contributed by atoms with Crippen molar-refractivity contribution in [1.82, 2.24) is 24.7 Å². The maximum Gasteiger partial charge on any atom is 0.490 e. The van der Waals surface area contributed by atoms with Crippen molar-refractivity contribution in [2.45, 2.75) is 57.3 Å². The predicted molar refractivity (Wildman–Crippen MR) is 170 cm³/mol. The minimum absolute atomic E-state index is 0.0694. The number of hydrogen-bond donors (Lipinski definition) is 1. The van der Waals surface area contributed by atoms with Crippen LogP contribution in [0.5, 0.6) is 0 Å². The molecule has 5 rings (SSSR count). The summed E-state index contributed by atoms with van der Waals surface area (Å²) in [5.41, 5.74) is 1.97. The number of aromatic nitrogens is 2. The topological polar surface area (TPSA) is 117 Å². The molecule has 1 aliphatic carbocycles. The number of aliphatic carboxylic acids is 1. The number of carbonyl (C=O) groups excluding carboxylic acids is 1. The number of alkyl halides is 3. The molecule has 0 radical (unpaired) electrons. The second-order valence-electron chi connectivity index (χ2n) is 12.3. The van der Waals surface area contributed by atoms with Crippen LogP contribution in [0.15, 0.2) is 34.9 Å². The lowest BCUT2D eigenvalue weighted by molar-refractivity contribution is -0.192. The van der Waals surface area contributed by atoms with E-state index < -0.39 is 12.1 Å². The lowest BCUT2D eigenvalue weighted by atomic mass is 9.96. The van der Waals surface area contributed by atoms with E-state index in [0.717, 1.165) is 69.9 Å². The predicted octanol–water partition coefficient (Wildman–Crippen LogP) is 4.84. The number of rotatable bonds is 9. The molecule has 1 aromatic heterocycles. The van der Waals surface area contributed by atoms with Gasteiger partial charge in [0.15, 0.2) is 5.78 Å². The largest absolute Gasteiger partial charge is 0.490 e. The Bertz CT molecular complexity index is 1350. The minimum Gasteiger partial charge on any atom is -0.475 e. The highest BCUT2D eigenvalue weighted by molar-refractivity contribution is 9.10. The standard InChI is InChI=1S/C30H40BrN7O.C2HF3O2/c1-35-12-10-24(11-13-35)21-37-16-14-36(15-17-37)20-23-6-8-25(9-7-23)28(39)22-38(26-4-2-3-5-26)30-27(31)19-33-29(18-32)34-30;3-2(4,5)1(6)7/h6-9,19,24,26H,2-5,10-17,20-22H2,1H3;(H,6,7). The van der Waals surface area contributed by atoms with Gasteiger partial charge in [0, 0.05) is 57.1 Å². The van der Waals surface area contributed by atoms with Gasteiger partial charge in [0.25, 0.3) is 0 Å². The van der Waals surface area contributed by atoms with Crippen LogP contribution in [0.1, 0.15) is 60.3 Å². The summed E-state index contributed by atoms with van der Waals surface area (Å²) in [7, 11) is 2.23. The summed E-state index contributed by atoms with van der Waals surface area (Å²) in [5, 5.41) is 16.4. The summed E-state index contributed by atoms with van der Waals surface area (Å²) >= 11 is 3.54. The van der Waals surface area contributed by atoms with Gasteiger partial charge in [-0.05, 0) is 73.2 Å². The molecule has 1 saturated carbocycles. The Hall–Kier alpha value is -3.12. The van der Waals surface area contributed by atoms with E-state index in [1.54, 1.807) is 6.20 Å². The normalized spacial score (nSPS) is 18.9. The van der Waals surface area contributed by atoms with E-state index in [9.17, 15) is 23.2 Å². The van der Waals surface area contributed by atoms with E-state index in [1.807, 2.05) is 18.2 Å². The molecule has 3 heterocycles. The molecule has 2 aromatic rings. The van der Waals surface area contributed by atoms with Crippen LogP contribution in [-0.2, 0) is 11.3 Å². The zero-order valence-corrected chi connectivity index (χ0v) is 27.6. The number of carboxylic acid groups (broad SMARTS) is 1. The fraction of sp³-hybridized carbons (Fsp3) is 0.594. The minimum atomic E-state index is -5.08. The van der Waals surface area contributed by atoms with Crippen molar-refractivity contribution in [3.8, 4) is 6.07 Å². The maximum absolute atomic E-state index is 13.4. The van der Waals surface area contributed by atoms with Gasteiger partial charge in [-0.3, -0.25) is 9.69 Å². The lowest BCUT2D eigenvalue weighted by Crippen LogP contribution is -2.48. The third-order valence-corrected chi connectivity index (χ3v) is 9.48. The Morgan fingerprint density at radius 1 is 1.02 bits per heavy atom. The Labute approximate surface area is 276 Å². The van der Waals surface area contributed by atoms with Crippen LogP contribution in [0.25, 0.3) is 0 Å². The molecule has 250 valence electrons. The molecule has 3 fully saturated rings. The number of nitriles is 1. The molecule has 0 unspecified atom stereocenters. The van der Waals surface area contributed by atoms with Crippen LogP contribution in [0, 0.1) is 17.2 Å². The molecule has 3 aliphatic rings. The van der Waals surface area contributed by atoms with Gasteiger partial charge in [-0.15, -0.1) is 0 Å². The second-order valence-corrected chi connectivity index (χ2v) is 13.1. The average molecular weight is 709 g/mol. The monoisotopic (exact) mass is 707 g/mol.